The van der Waals surface area contributed by atoms with Crippen LogP contribution in [0.2, 0.25) is 0 Å². The Morgan fingerprint density at radius 1 is 1.29 bits per heavy atom. The van der Waals surface area contributed by atoms with Crippen molar-refractivity contribution < 1.29 is 17.5 Å². The largest absolute Gasteiger partial charge is 0.748 e. The third-order valence-electron chi connectivity index (χ3n) is 2.12. The molecule has 0 saturated carbocycles. The summed E-state index contributed by atoms with van der Waals surface area (Å²) in [7, 11) is 1.88. The van der Waals surface area contributed by atoms with Crippen LogP contribution in [0, 0.1) is 0 Å². The summed E-state index contributed by atoms with van der Waals surface area (Å²) < 4.78 is 31.8. The summed E-state index contributed by atoms with van der Waals surface area (Å²) in [6, 6.07) is 0. The van der Waals surface area contributed by atoms with E-state index in [1.807, 2.05) is 21.1 Å². The molecule has 0 atom stereocenters. The second kappa shape index (κ2) is 5.65. The Balaban J connectivity index is 3.76. The van der Waals surface area contributed by atoms with Gasteiger partial charge in [-0.05, 0) is 7.05 Å². The Bertz CT molecular complexity index is 249. The molecule has 0 amide bonds. The van der Waals surface area contributed by atoms with E-state index in [4.69, 9.17) is 0 Å². The van der Waals surface area contributed by atoms with Crippen LogP contribution in [-0.4, -0.2) is 64.0 Å². The van der Waals surface area contributed by atoms with Crippen LogP contribution in [0.1, 0.15) is 6.42 Å². The van der Waals surface area contributed by atoms with E-state index < -0.39 is 10.1 Å². The molecule has 0 aliphatic rings. The third-order valence-corrected chi connectivity index (χ3v) is 2.91. The maximum atomic E-state index is 10.4. The van der Waals surface area contributed by atoms with Crippen molar-refractivity contribution in [3.8, 4) is 0 Å². The highest BCUT2D eigenvalue weighted by molar-refractivity contribution is 7.85. The molecule has 0 fully saturated rings. The van der Waals surface area contributed by atoms with Crippen molar-refractivity contribution in [3.63, 3.8) is 0 Å². The lowest BCUT2D eigenvalue weighted by molar-refractivity contribution is -0.889. The van der Waals surface area contributed by atoms with Gasteiger partial charge in [-0.1, -0.05) is 0 Å². The van der Waals surface area contributed by atoms with Gasteiger partial charge >= 0.3 is 0 Å². The summed E-state index contributed by atoms with van der Waals surface area (Å²) in [4.78, 5) is 0. The van der Waals surface area contributed by atoms with E-state index in [-0.39, 0.29) is 5.75 Å². The lowest BCUT2D eigenvalue weighted by atomic mass is 10.3. The monoisotopic (exact) mass is 224 g/mol. The Morgan fingerprint density at radius 2 is 1.86 bits per heavy atom. The van der Waals surface area contributed by atoms with E-state index in [1.54, 1.807) is 0 Å². The number of likely N-dealkylation sites (N-methyl/N-ethyl adjacent to an activating group) is 2. The molecule has 0 spiro atoms. The highest BCUT2D eigenvalue weighted by Gasteiger charge is 2.13. The van der Waals surface area contributed by atoms with E-state index in [2.05, 4.69) is 5.32 Å². The molecular weight excluding hydrogens is 204 g/mol. The van der Waals surface area contributed by atoms with Crippen molar-refractivity contribution >= 4 is 10.1 Å². The Kier molecular flexibility index (Phi) is 5.58. The highest BCUT2D eigenvalue weighted by atomic mass is 32.2. The zero-order valence-corrected chi connectivity index (χ0v) is 9.93. The normalized spacial score (nSPS) is 13.1. The minimum absolute atomic E-state index is 0.256. The zero-order valence-electron chi connectivity index (χ0n) is 9.12. The Hall–Kier alpha value is -0.170. The first-order valence-electron chi connectivity index (χ1n) is 4.67. The molecule has 0 radical (unpaired) electrons. The quantitative estimate of drug-likeness (QED) is 0.455. The van der Waals surface area contributed by atoms with Crippen LogP contribution in [0.25, 0.3) is 0 Å². The van der Waals surface area contributed by atoms with Crippen molar-refractivity contribution in [3.05, 3.63) is 0 Å². The molecule has 14 heavy (non-hydrogen) atoms. The lowest BCUT2D eigenvalue weighted by Crippen LogP contribution is -2.45. The third kappa shape index (κ3) is 8.43. The first-order chi connectivity index (χ1) is 6.27. The Labute approximate surface area is 86.4 Å². The summed E-state index contributed by atoms with van der Waals surface area (Å²) in [5.74, 6) is -0.256. The fraction of sp³-hybridized carbons (Fsp3) is 1.00. The summed E-state index contributed by atoms with van der Waals surface area (Å²) in [6.07, 6.45) is 0.433. The maximum Gasteiger partial charge on any atom is 0.0948 e. The van der Waals surface area contributed by atoms with Crippen molar-refractivity contribution in [2.45, 2.75) is 6.42 Å². The van der Waals surface area contributed by atoms with Gasteiger partial charge < -0.3 is 14.4 Å². The molecule has 0 unspecified atom stereocenters. The number of nitrogens with one attached hydrogen (secondary N) is 1. The van der Waals surface area contributed by atoms with Crippen LogP contribution in [0.15, 0.2) is 0 Å². The molecular formula is C8H20N2O3S. The summed E-state index contributed by atoms with van der Waals surface area (Å²) in [5, 5.41) is 3.03. The van der Waals surface area contributed by atoms with Gasteiger partial charge in [0, 0.05) is 18.7 Å². The number of rotatable bonds is 7. The summed E-state index contributed by atoms with van der Waals surface area (Å²) in [6.45, 7) is 2.52. The topological polar surface area (TPSA) is 69.2 Å². The molecule has 86 valence electrons. The molecule has 6 heteroatoms. The van der Waals surface area contributed by atoms with Gasteiger partial charge in [0.1, 0.15) is 0 Å². The molecule has 0 saturated heterocycles. The van der Waals surface area contributed by atoms with Gasteiger partial charge in [-0.3, -0.25) is 0 Å². The molecule has 0 aliphatic heterocycles. The van der Waals surface area contributed by atoms with Gasteiger partial charge in [0.15, 0.2) is 0 Å². The van der Waals surface area contributed by atoms with Crippen LogP contribution in [0.5, 0.6) is 0 Å². The van der Waals surface area contributed by atoms with Gasteiger partial charge in [-0.2, -0.15) is 0 Å². The average molecular weight is 224 g/mol. The molecule has 0 rings (SSSR count). The molecule has 0 aliphatic carbocycles. The van der Waals surface area contributed by atoms with E-state index in [1.165, 1.54) is 0 Å². The van der Waals surface area contributed by atoms with Crippen LogP contribution in [-0.2, 0) is 10.1 Å². The van der Waals surface area contributed by atoms with Crippen molar-refractivity contribution in [1.29, 1.82) is 0 Å². The van der Waals surface area contributed by atoms with Gasteiger partial charge in [0.05, 0.1) is 37.3 Å². The fourth-order valence-electron chi connectivity index (χ4n) is 1.20. The molecule has 0 aromatic carbocycles. The number of nitrogens with zero attached hydrogens (tertiary/aromatic N) is 1. The predicted octanol–water partition coefficient (Wildman–Crippen LogP) is -0.782. The van der Waals surface area contributed by atoms with E-state index >= 15 is 0 Å². The van der Waals surface area contributed by atoms with Crippen LogP contribution >= 0.6 is 0 Å². The SMILES string of the molecule is CNCC[N+](C)(C)CCCS(=O)(=O)[O-]. The van der Waals surface area contributed by atoms with E-state index in [0.29, 0.717) is 13.0 Å². The first kappa shape index (κ1) is 13.8. The zero-order chi connectivity index (χ0) is 11.2. The standard InChI is InChI=1S/C8H20N2O3S/c1-9-5-7-10(2,3)6-4-8-14(11,12)13/h9H,4-8H2,1-3H3. The predicted molar refractivity (Wildman–Crippen MR) is 55.0 cm³/mol. The van der Waals surface area contributed by atoms with E-state index in [9.17, 15) is 13.0 Å². The maximum absolute atomic E-state index is 10.4. The minimum Gasteiger partial charge on any atom is -0.748 e. The molecule has 0 aromatic rings. The van der Waals surface area contributed by atoms with E-state index in [0.717, 1.165) is 17.6 Å². The second-order valence-electron chi connectivity index (χ2n) is 4.10. The van der Waals surface area contributed by atoms with Crippen LogP contribution in [0.3, 0.4) is 0 Å². The van der Waals surface area contributed by atoms with Crippen molar-refractivity contribution in [2.75, 3.05) is 46.5 Å². The highest BCUT2D eigenvalue weighted by Crippen LogP contribution is 1.99. The molecule has 5 nitrogen and oxygen atoms in total. The van der Waals surface area contributed by atoms with Gasteiger partial charge in [-0.15, -0.1) is 0 Å². The molecule has 0 aromatic heterocycles. The number of quaternary nitrogens is 1. The second-order valence-corrected chi connectivity index (χ2v) is 5.63. The minimum atomic E-state index is -4.04. The van der Waals surface area contributed by atoms with Crippen LogP contribution in [0.4, 0.5) is 0 Å². The van der Waals surface area contributed by atoms with Crippen LogP contribution < -0.4 is 5.32 Å². The van der Waals surface area contributed by atoms with Gasteiger partial charge in [0.2, 0.25) is 0 Å². The van der Waals surface area contributed by atoms with Crippen molar-refractivity contribution in [2.24, 2.45) is 0 Å². The average Bonchev–Trinajstić information content (AvgIpc) is 1.98. The smallest absolute Gasteiger partial charge is 0.0948 e. The fourth-order valence-corrected chi connectivity index (χ4v) is 1.68. The first-order valence-corrected chi connectivity index (χ1v) is 6.25. The number of hydrogen-bond donors (Lipinski definition) is 1. The van der Waals surface area contributed by atoms with Gasteiger partial charge in [-0.25, -0.2) is 8.42 Å². The summed E-state index contributed by atoms with van der Waals surface area (Å²) in [5.41, 5.74) is 0. The van der Waals surface area contributed by atoms with Gasteiger partial charge in [0.25, 0.3) is 0 Å². The van der Waals surface area contributed by atoms with Crippen molar-refractivity contribution in [1.82, 2.24) is 5.32 Å². The molecule has 0 heterocycles. The Morgan fingerprint density at radius 3 is 2.29 bits per heavy atom. The summed E-state index contributed by atoms with van der Waals surface area (Å²) >= 11 is 0. The lowest BCUT2D eigenvalue weighted by Gasteiger charge is -2.29. The molecule has 1 N–H and O–H groups in total. The number of hydrogen-bond acceptors (Lipinski definition) is 4. The molecule has 0 bridgehead atoms.